The van der Waals surface area contributed by atoms with Crippen LogP contribution in [0.3, 0.4) is 0 Å². The highest BCUT2D eigenvalue weighted by Crippen LogP contribution is 2.10. The van der Waals surface area contributed by atoms with Crippen LogP contribution in [0, 0.1) is 0 Å². The quantitative estimate of drug-likeness (QED) is 0.564. The van der Waals surface area contributed by atoms with Crippen molar-refractivity contribution in [1.82, 2.24) is 10.7 Å². The van der Waals surface area contributed by atoms with E-state index in [-0.39, 0.29) is 30.9 Å². The summed E-state index contributed by atoms with van der Waals surface area (Å²) in [6.45, 7) is 3.76. The topological polar surface area (TPSA) is 79.8 Å². The molecule has 0 saturated heterocycles. The van der Waals surface area contributed by atoms with E-state index in [2.05, 4.69) is 15.8 Å². The van der Waals surface area contributed by atoms with Crippen molar-refractivity contribution in [1.29, 1.82) is 0 Å². The summed E-state index contributed by atoms with van der Waals surface area (Å²) in [7, 11) is 0. The molecule has 0 spiro atoms. The molecule has 26 heavy (non-hydrogen) atoms. The van der Waals surface area contributed by atoms with Crippen molar-refractivity contribution in [2.45, 2.75) is 26.3 Å². The summed E-state index contributed by atoms with van der Waals surface area (Å²) in [4.78, 5) is 23.3. The maximum atomic E-state index is 11.8. The minimum Gasteiger partial charge on any atom is -0.484 e. The Balaban J connectivity index is 1.76. The van der Waals surface area contributed by atoms with Crippen molar-refractivity contribution in [2.75, 3.05) is 6.61 Å². The van der Waals surface area contributed by atoms with Gasteiger partial charge in [-0.1, -0.05) is 30.3 Å². The number of ether oxygens (including phenoxy) is 1. The molecule has 0 fully saturated rings. The average Bonchev–Trinajstić information content (AvgIpc) is 2.61. The number of nitrogens with one attached hydrogen (secondary N) is 2. The predicted molar refractivity (Wildman–Crippen MR) is 101 cm³/mol. The van der Waals surface area contributed by atoms with Gasteiger partial charge in [0.1, 0.15) is 5.75 Å². The van der Waals surface area contributed by atoms with E-state index in [4.69, 9.17) is 4.74 Å². The van der Waals surface area contributed by atoms with Gasteiger partial charge in [-0.25, -0.2) is 5.43 Å². The van der Waals surface area contributed by atoms with Crippen LogP contribution in [-0.4, -0.2) is 30.7 Å². The highest BCUT2D eigenvalue weighted by Gasteiger charge is 2.04. The normalized spacial score (nSPS) is 10.7. The molecule has 0 heterocycles. The van der Waals surface area contributed by atoms with E-state index in [1.165, 1.54) is 0 Å². The van der Waals surface area contributed by atoms with E-state index in [1.807, 2.05) is 44.2 Å². The molecule has 0 aliphatic rings. The summed E-state index contributed by atoms with van der Waals surface area (Å²) >= 11 is 0. The second-order valence-electron chi connectivity index (χ2n) is 6.04. The van der Waals surface area contributed by atoms with Gasteiger partial charge in [-0.2, -0.15) is 5.10 Å². The molecule has 136 valence electrons. The number of carbonyl (C=O) groups excluding carboxylic acids is 2. The van der Waals surface area contributed by atoms with Crippen molar-refractivity contribution in [3.8, 4) is 5.75 Å². The summed E-state index contributed by atoms with van der Waals surface area (Å²) < 4.78 is 5.41. The zero-order chi connectivity index (χ0) is 18.8. The van der Waals surface area contributed by atoms with Crippen LogP contribution in [0.15, 0.2) is 59.7 Å². The predicted octanol–water partition coefficient (Wildman–Crippen LogP) is 2.28. The molecular weight excluding hydrogens is 330 g/mol. The van der Waals surface area contributed by atoms with Crippen molar-refractivity contribution in [3.05, 3.63) is 65.7 Å². The molecule has 0 aromatic heterocycles. The van der Waals surface area contributed by atoms with E-state index in [0.717, 1.165) is 11.1 Å². The fraction of sp³-hybridized carbons (Fsp3) is 0.250. The van der Waals surface area contributed by atoms with Crippen LogP contribution >= 0.6 is 0 Å². The third kappa shape index (κ3) is 7.17. The van der Waals surface area contributed by atoms with E-state index < -0.39 is 0 Å². The first-order chi connectivity index (χ1) is 12.5. The molecule has 2 aromatic carbocycles. The maximum Gasteiger partial charge on any atom is 0.258 e. The average molecular weight is 353 g/mol. The van der Waals surface area contributed by atoms with Gasteiger partial charge in [0.05, 0.1) is 12.6 Å². The Morgan fingerprint density at radius 3 is 2.38 bits per heavy atom. The second kappa shape index (κ2) is 9.98. The van der Waals surface area contributed by atoms with Crippen LogP contribution in [0.1, 0.15) is 25.0 Å². The number of carbonyl (C=O) groups is 2. The molecule has 0 aliphatic carbocycles. The maximum absolute atomic E-state index is 11.8. The zero-order valence-corrected chi connectivity index (χ0v) is 14.9. The second-order valence-corrected chi connectivity index (χ2v) is 6.04. The lowest BCUT2D eigenvalue weighted by atomic mass is 10.1. The van der Waals surface area contributed by atoms with E-state index >= 15 is 0 Å². The molecule has 0 radical (unpaired) electrons. The number of amides is 2. The molecule has 2 amide bonds. The van der Waals surface area contributed by atoms with Gasteiger partial charge in [0.25, 0.3) is 5.91 Å². The van der Waals surface area contributed by atoms with Crippen LogP contribution < -0.4 is 15.5 Å². The summed E-state index contributed by atoms with van der Waals surface area (Å²) in [6.07, 6.45) is 1.83. The lowest BCUT2D eigenvalue weighted by Crippen LogP contribution is -2.34. The molecule has 2 N–H and O–H groups in total. The molecule has 0 aliphatic heterocycles. The molecule has 0 bridgehead atoms. The Bertz CT molecular complexity index is 741. The number of hydrogen-bond acceptors (Lipinski definition) is 4. The standard InChI is InChI=1S/C20H23N3O3/c1-15(2)22-20(25)14-26-18-10-8-17(9-11-18)13-21-23-19(24)12-16-6-4-3-5-7-16/h3-11,13,15H,12,14H2,1-2H3,(H,22,25)(H,23,24)/b21-13+. The summed E-state index contributed by atoms with van der Waals surface area (Å²) in [5.41, 5.74) is 4.24. The highest BCUT2D eigenvalue weighted by atomic mass is 16.5. The van der Waals surface area contributed by atoms with E-state index in [9.17, 15) is 9.59 Å². The Labute approximate surface area is 153 Å². The van der Waals surface area contributed by atoms with Gasteiger partial charge in [0.2, 0.25) is 5.91 Å². The van der Waals surface area contributed by atoms with Crippen molar-refractivity contribution in [2.24, 2.45) is 5.10 Å². The number of benzene rings is 2. The fourth-order valence-electron chi connectivity index (χ4n) is 2.16. The minimum absolute atomic E-state index is 0.0266. The zero-order valence-electron chi connectivity index (χ0n) is 14.9. The number of hydrogen-bond donors (Lipinski definition) is 2. The molecular formula is C20H23N3O3. The first-order valence-electron chi connectivity index (χ1n) is 8.41. The molecule has 2 rings (SSSR count). The van der Waals surface area contributed by atoms with Crippen LogP contribution in [0.5, 0.6) is 5.75 Å². The van der Waals surface area contributed by atoms with Crippen LogP contribution in [0.2, 0.25) is 0 Å². The van der Waals surface area contributed by atoms with E-state index in [1.54, 1.807) is 30.5 Å². The molecule has 6 nitrogen and oxygen atoms in total. The Morgan fingerprint density at radius 2 is 1.73 bits per heavy atom. The van der Waals surface area contributed by atoms with Crippen molar-refractivity contribution >= 4 is 18.0 Å². The first-order valence-corrected chi connectivity index (χ1v) is 8.41. The van der Waals surface area contributed by atoms with Gasteiger partial charge in [0.15, 0.2) is 6.61 Å². The number of nitrogens with zero attached hydrogens (tertiary/aromatic N) is 1. The molecule has 0 saturated carbocycles. The SMILES string of the molecule is CC(C)NC(=O)COc1ccc(/C=N/NC(=O)Cc2ccccc2)cc1. The lowest BCUT2D eigenvalue weighted by Gasteiger charge is -2.09. The smallest absolute Gasteiger partial charge is 0.258 e. The van der Waals surface area contributed by atoms with Gasteiger partial charge in [-0.05, 0) is 49.2 Å². The third-order valence-electron chi connectivity index (χ3n) is 3.31. The monoisotopic (exact) mass is 353 g/mol. The minimum atomic E-state index is -0.177. The molecule has 0 unspecified atom stereocenters. The van der Waals surface area contributed by atoms with Gasteiger partial charge in [-0.3, -0.25) is 9.59 Å². The van der Waals surface area contributed by atoms with Crippen LogP contribution in [-0.2, 0) is 16.0 Å². The number of hydrazone groups is 1. The van der Waals surface area contributed by atoms with Gasteiger partial charge in [0, 0.05) is 6.04 Å². The molecule has 6 heteroatoms. The molecule has 2 aromatic rings. The first kappa shape index (κ1) is 19.2. The van der Waals surface area contributed by atoms with Crippen molar-refractivity contribution < 1.29 is 14.3 Å². The lowest BCUT2D eigenvalue weighted by molar-refractivity contribution is -0.123. The van der Waals surface area contributed by atoms with Crippen LogP contribution in [0.25, 0.3) is 0 Å². The largest absolute Gasteiger partial charge is 0.484 e. The summed E-state index contributed by atoms with van der Waals surface area (Å²) in [6, 6.07) is 16.6. The van der Waals surface area contributed by atoms with E-state index in [0.29, 0.717) is 5.75 Å². The third-order valence-corrected chi connectivity index (χ3v) is 3.31. The summed E-state index contributed by atoms with van der Waals surface area (Å²) in [5, 5.41) is 6.70. The summed E-state index contributed by atoms with van der Waals surface area (Å²) in [5.74, 6) is 0.254. The Hall–Kier alpha value is -3.15. The van der Waals surface area contributed by atoms with Crippen LogP contribution in [0.4, 0.5) is 0 Å². The highest BCUT2D eigenvalue weighted by molar-refractivity contribution is 5.83. The molecule has 0 atom stereocenters. The van der Waals surface area contributed by atoms with Crippen molar-refractivity contribution in [3.63, 3.8) is 0 Å². The van der Waals surface area contributed by atoms with Gasteiger partial charge in [-0.15, -0.1) is 0 Å². The number of rotatable bonds is 8. The Morgan fingerprint density at radius 1 is 1.04 bits per heavy atom. The van der Waals surface area contributed by atoms with Gasteiger partial charge < -0.3 is 10.1 Å². The van der Waals surface area contributed by atoms with Gasteiger partial charge >= 0.3 is 0 Å². The Kier molecular flexibility index (Phi) is 7.36. The fourth-order valence-corrected chi connectivity index (χ4v) is 2.16.